The van der Waals surface area contributed by atoms with Crippen molar-refractivity contribution in [1.82, 2.24) is 0 Å². The van der Waals surface area contributed by atoms with Crippen LogP contribution in [0.5, 0.6) is 0 Å². The number of ether oxygens (including phenoxy) is 3. The topological polar surface area (TPSA) is 183 Å². The van der Waals surface area contributed by atoms with Crippen molar-refractivity contribution in [2.24, 2.45) is 47.3 Å². The summed E-state index contributed by atoms with van der Waals surface area (Å²) in [7, 11) is 0. The van der Waals surface area contributed by atoms with Crippen molar-refractivity contribution in [2.75, 3.05) is 0 Å². The Morgan fingerprint density at radius 3 is 2.02 bits per heavy atom. The maximum absolute atomic E-state index is 14.3. The molecule has 0 aliphatic carbocycles. The zero-order valence-corrected chi connectivity index (χ0v) is 31.9. The second-order valence-electron chi connectivity index (χ2n) is 16.2. The molecule has 11 nitrogen and oxygen atoms in total. The molecule has 0 amide bonds. The van der Waals surface area contributed by atoms with Crippen LogP contribution in [0.4, 0.5) is 0 Å². The van der Waals surface area contributed by atoms with Gasteiger partial charge in [-0.2, -0.15) is 0 Å². The first-order valence-corrected chi connectivity index (χ1v) is 19.0. The molecule has 3 heterocycles. The molecule has 6 N–H and O–H groups in total. The summed E-state index contributed by atoms with van der Waals surface area (Å²) < 4.78 is 19.4. The van der Waals surface area contributed by atoms with E-state index in [9.17, 15) is 40.2 Å². The Labute approximate surface area is 294 Å². The number of hydrogen-bond donors (Lipinski definition) is 6. The van der Waals surface area contributed by atoms with Gasteiger partial charge >= 0.3 is 5.97 Å². The average Bonchev–Trinajstić information content (AvgIpc) is 3.52. The summed E-state index contributed by atoms with van der Waals surface area (Å²) >= 11 is 0. The molecule has 286 valence electrons. The monoisotopic (exact) mass is 700 g/mol. The molecule has 3 aliphatic heterocycles. The van der Waals surface area contributed by atoms with Crippen molar-refractivity contribution < 1.29 is 54.4 Å². The van der Waals surface area contributed by atoms with Gasteiger partial charge in [-0.15, -0.1) is 0 Å². The number of carboxylic acid groups (broad SMARTS) is 1. The summed E-state index contributed by atoms with van der Waals surface area (Å²) in [5.41, 5.74) is -2.05. The van der Waals surface area contributed by atoms with Gasteiger partial charge in [0.1, 0.15) is 17.3 Å². The molecule has 3 aliphatic rings. The number of Topliss-reactive ketones (excluding diaryl/α,β-unsaturated/α-hetero) is 1. The van der Waals surface area contributed by atoms with E-state index in [4.69, 9.17) is 14.2 Å². The van der Waals surface area contributed by atoms with Crippen LogP contribution in [0.15, 0.2) is 0 Å². The van der Waals surface area contributed by atoms with Gasteiger partial charge < -0.3 is 44.8 Å². The molecule has 3 fully saturated rings. The second kappa shape index (κ2) is 15.8. The highest BCUT2D eigenvalue weighted by atomic mass is 16.7. The number of rotatable bonds is 16. The molecule has 0 radical (unpaired) electrons. The van der Waals surface area contributed by atoms with Crippen LogP contribution in [-0.4, -0.2) is 95.7 Å². The molecular weight excluding hydrogens is 632 g/mol. The molecule has 0 spiro atoms. The Morgan fingerprint density at radius 1 is 0.918 bits per heavy atom. The van der Waals surface area contributed by atoms with Crippen LogP contribution in [0, 0.1) is 47.3 Å². The van der Waals surface area contributed by atoms with Gasteiger partial charge in [0, 0.05) is 35.5 Å². The van der Waals surface area contributed by atoms with Gasteiger partial charge in [-0.1, -0.05) is 75.7 Å². The molecule has 49 heavy (non-hydrogen) atoms. The van der Waals surface area contributed by atoms with Gasteiger partial charge in [-0.25, -0.2) is 0 Å². The lowest BCUT2D eigenvalue weighted by molar-refractivity contribution is -0.348. The summed E-state index contributed by atoms with van der Waals surface area (Å²) in [6.07, 6.45) is -0.779. The van der Waals surface area contributed by atoms with Gasteiger partial charge in [0.15, 0.2) is 11.6 Å². The third-order valence-corrected chi connectivity index (χ3v) is 13.1. The van der Waals surface area contributed by atoms with Crippen LogP contribution >= 0.6 is 0 Å². The van der Waals surface area contributed by atoms with Gasteiger partial charge in [-0.05, 0) is 57.8 Å². The highest BCUT2D eigenvalue weighted by Gasteiger charge is 2.67. The van der Waals surface area contributed by atoms with E-state index in [0.717, 1.165) is 6.42 Å². The maximum Gasteiger partial charge on any atom is 0.311 e. The Bertz CT molecular complexity index is 1130. The average molecular weight is 701 g/mol. The van der Waals surface area contributed by atoms with Crippen molar-refractivity contribution in [2.45, 2.75) is 181 Å². The van der Waals surface area contributed by atoms with E-state index in [1.807, 2.05) is 48.5 Å². The van der Waals surface area contributed by atoms with E-state index < -0.39 is 94.8 Å². The fraction of sp³-hybridized carbons (Fsp3) is 0.947. The van der Waals surface area contributed by atoms with Crippen LogP contribution in [-0.2, 0) is 23.8 Å². The molecule has 3 saturated heterocycles. The summed E-state index contributed by atoms with van der Waals surface area (Å²) in [5, 5.41) is 67.8. The SMILES string of the molecule is CCC[C@H](O)[C@@]1(CC)C[C@@H](C)[C@](O)([C@]2(C)C[C@H](C)[C@@H]([C@@H](CC)C(=O)[C@@H](C)[C@@H](O)[C@H](C)[C@H]3O[C@@](O)([C@H](CC)C(=O)O)[C@@H](C)[C@H](O)[C@@H]3CC)O2)O1. The highest BCUT2D eigenvalue weighted by molar-refractivity contribution is 5.84. The Kier molecular flexibility index (Phi) is 13.6. The number of ketones is 1. The van der Waals surface area contributed by atoms with Crippen molar-refractivity contribution in [3.63, 3.8) is 0 Å². The molecule has 0 aromatic heterocycles. The Hall–Kier alpha value is -1.18. The highest BCUT2D eigenvalue weighted by Crippen LogP contribution is 2.56. The van der Waals surface area contributed by atoms with E-state index in [1.165, 1.54) is 0 Å². The number of aliphatic carboxylic acids is 1. The maximum atomic E-state index is 14.3. The molecule has 0 unspecified atom stereocenters. The number of aliphatic hydroxyl groups is 5. The zero-order valence-electron chi connectivity index (χ0n) is 31.9. The lowest BCUT2D eigenvalue weighted by atomic mass is 9.69. The fourth-order valence-electron chi connectivity index (χ4n) is 9.82. The van der Waals surface area contributed by atoms with E-state index in [-0.39, 0.29) is 24.0 Å². The van der Waals surface area contributed by atoms with Crippen molar-refractivity contribution >= 4 is 11.8 Å². The van der Waals surface area contributed by atoms with Gasteiger partial charge in [0.2, 0.25) is 0 Å². The van der Waals surface area contributed by atoms with Gasteiger partial charge in [-0.3, -0.25) is 9.59 Å². The largest absolute Gasteiger partial charge is 0.481 e. The molecule has 0 aromatic rings. The smallest absolute Gasteiger partial charge is 0.311 e. The predicted molar refractivity (Wildman–Crippen MR) is 184 cm³/mol. The number of carbonyl (C=O) groups is 2. The minimum Gasteiger partial charge on any atom is -0.481 e. The molecule has 17 atom stereocenters. The third-order valence-electron chi connectivity index (χ3n) is 13.1. The minimum atomic E-state index is -2.16. The summed E-state index contributed by atoms with van der Waals surface area (Å²) in [6, 6.07) is 0. The van der Waals surface area contributed by atoms with E-state index in [2.05, 4.69) is 0 Å². The number of aliphatic hydroxyl groups excluding tert-OH is 3. The number of carbonyl (C=O) groups excluding carboxylic acids is 1. The molecule has 0 bridgehead atoms. The standard InChI is InChI=1S/C38H68O11/c1-12-17-28(39)36(16-5)19-21(7)38(46,49-36)35(11)18-20(6)32(47-35)25(13-2)30(41)22(8)29(40)23(9)33-26(14-3)31(42)24(10)37(45,48-33)27(15-4)34(43)44/h20-29,31-33,39-40,42,45-46H,12-19H2,1-11H3,(H,43,44)/t20-,21+,22-,23-,24-,25-,26-,27+,28-,29+,31-,32-,33+,35-,36+,37+,38+/m0/s1. The first kappa shape index (κ1) is 42.2. The van der Waals surface area contributed by atoms with Crippen molar-refractivity contribution in [1.29, 1.82) is 0 Å². The second-order valence-corrected chi connectivity index (χ2v) is 16.2. The molecular formula is C38H68O11. The first-order valence-electron chi connectivity index (χ1n) is 19.0. The van der Waals surface area contributed by atoms with E-state index in [1.54, 1.807) is 27.7 Å². The number of hydrogen-bond acceptors (Lipinski definition) is 10. The van der Waals surface area contributed by atoms with Crippen molar-refractivity contribution in [3.05, 3.63) is 0 Å². The van der Waals surface area contributed by atoms with Crippen molar-refractivity contribution in [3.8, 4) is 0 Å². The van der Waals surface area contributed by atoms with Crippen LogP contribution in [0.2, 0.25) is 0 Å². The lowest BCUT2D eigenvalue weighted by Crippen LogP contribution is -2.64. The van der Waals surface area contributed by atoms with Crippen LogP contribution in [0.25, 0.3) is 0 Å². The molecule has 0 saturated carbocycles. The lowest BCUT2D eigenvalue weighted by Gasteiger charge is -2.52. The Balaban J connectivity index is 1.85. The summed E-state index contributed by atoms with van der Waals surface area (Å²) in [4.78, 5) is 26.4. The molecule has 0 aromatic carbocycles. The van der Waals surface area contributed by atoms with E-state index >= 15 is 0 Å². The fourth-order valence-corrected chi connectivity index (χ4v) is 9.82. The van der Waals surface area contributed by atoms with Gasteiger partial charge in [0.05, 0.1) is 36.1 Å². The van der Waals surface area contributed by atoms with Gasteiger partial charge in [0.25, 0.3) is 0 Å². The quantitative estimate of drug-likeness (QED) is 0.132. The van der Waals surface area contributed by atoms with Crippen LogP contribution < -0.4 is 0 Å². The molecule has 11 heteroatoms. The zero-order chi connectivity index (χ0) is 37.4. The normalized spacial score (nSPS) is 43.5. The van der Waals surface area contributed by atoms with E-state index in [0.29, 0.717) is 38.5 Å². The van der Waals surface area contributed by atoms with Crippen LogP contribution in [0.3, 0.4) is 0 Å². The minimum absolute atomic E-state index is 0.0760. The number of carboxylic acids is 1. The first-order chi connectivity index (χ1) is 22.7. The third kappa shape index (κ3) is 7.26. The van der Waals surface area contributed by atoms with Crippen LogP contribution in [0.1, 0.15) is 128 Å². The summed E-state index contributed by atoms with van der Waals surface area (Å²) in [6.45, 7) is 20.0. The predicted octanol–water partition coefficient (Wildman–Crippen LogP) is 4.67. The summed E-state index contributed by atoms with van der Waals surface area (Å²) in [5.74, 6) is -10.7. The Morgan fingerprint density at radius 2 is 1.53 bits per heavy atom. The molecule has 3 rings (SSSR count).